The molecule has 11 heteroatoms. The molecule has 0 radical (unpaired) electrons. The highest BCUT2D eigenvalue weighted by atomic mass is 32.1. The minimum Gasteiger partial charge on any atom is -0.363 e. The molecule has 0 atom stereocenters. The second-order valence-corrected chi connectivity index (χ2v) is 8.66. The Balaban J connectivity index is 1.38. The minimum atomic E-state index is -0.498. The van der Waals surface area contributed by atoms with E-state index in [4.69, 9.17) is 0 Å². The van der Waals surface area contributed by atoms with Crippen molar-refractivity contribution >= 4 is 39.5 Å². The maximum absolute atomic E-state index is 12.8. The van der Waals surface area contributed by atoms with E-state index in [9.17, 15) is 14.9 Å². The molecule has 4 aromatic rings. The van der Waals surface area contributed by atoms with Crippen LogP contribution in [0.15, 0.2) is 53.9 Å². The highest BCUT2D eigenvalue weighted by Gasteiger charge is 2.24. The third kappa shape index (κ3) is 4.15. The molecular formula is C22H21N7O3S. The van der Waals surface area contributed by atoms with Gasteiger partial charge in [-0.3, -0.25) is 20.2 Å². The summed E-state index contributed by atoms with van der Waals surface area (Å²) < 4.78 is 1.68. The van der Waals surface area contributed by atoms with Gasteiger partial charge >= 0.3 is 0 Å². The molecule has 1 amide bonds. The van der Waals surface area contributed by atoms with Gasteiger partial charge in [-0.2, -0.15) is 4.98 Å². The molecule has 1 saturated heterocycles. The highest BCUT2D eigenvalue weighted by Crippen LogP contribution is 2.30. The van der Waals surface area contributed by atoms with Crippen LogP contribution in [0.2, 0.25) is 0 Å². The second-order valence-electron chi connectivity index (χ2n) is 7.82. The number of nitrogens with one attached hydrogen (secondary N) is 1. The number of thiazole rings is 1. The number of carbonyl (C=O) groups is 1. The predicted molar refractivity (Wildman–Crippen MR) is 127 cm³/mol. The first-order valence-electron chi connectivity index (χ1n) is 10.4. The highest BCUT2D eigenvalue weighted by molar-refractivity contribution is 7.15. The average molecular weight is 464 g/mol. The number of rotatable bonds is 5. The predicted octanol–water partition coefficient (Wildman–Crippen LogP) is 3.37. The van der Waals surface area contributed by atoms with Crippen LogP contribution in [-0.2, 0) is 0 Å². The van der Waals surface area contributed by atoms with E-state index in [0.29, 0.717) is 23.7 Å². The Morgan fingerprint density at radius 3 is 2.61 bits per heavy atom. The summed E-state index contributed by atoms with van der Waals surface area (Å²) in [7, 11) is 2.02. The van der Waals surface area contributed by atoms with Crippen molar-refractivity contribution in [1.82, 2.24) is 19.5 Å². The number of amides is 1. The molecule has 1 aliphatic rings. The number of nitrogens with zero attached hydrogens (tertiary/aromatic N) is 6. The van der Waals surface area contributed by atoms with Gasteiger partial charge in [-0.1, -0.05) is 30.3 Å². The monoisotopic (exact) mass is 463 g/mol. The van der Waals surface area contributed by atoms with E-state index >= 15 is 0 Å². The van der Waals surface area contributed by atoms with Crippen molar-refractivity contribution in [3.63, 3.8) is 0 Å². The molecule has 168 valence electrons. The number of aromatic nitrogens is 3. The van der Waals surface area contributed by atoms with E-state index < -0.39 is 10.8 Å². The summed E-state index contributed by atoms with van der Waals surface area (Å²) in [6, 6.07) is 14.3. The quantitative estimate of drug-likeness (QED) is 0.357. The summed E-state index contributed by atoms with van der Waals surface area (Å²) >= 11 is 1.42. The standard InChI is InChI=1S/C22H21N7O3S/c1-26-9-11-27(12-10-26)17-8-7-16(13-18(17)29(31)32)20(30)23-21-24-22-28(25-21)19(14-33-22)15-5-3-2-4-6-15/h2-8,13-14H,9-12H2,1H3,(H,23,25,30). The van der Waals surface area contributed by atoms with Crippen LogP contribution < -0.4 is 10.2 Å². The lowest BCUT2D eigenvalue weighted by Gasteiger charge is -2.33. The van der Waals surface area contributed by atoms with Gasteiger partial charge in [0.15, 0.2) is 0 Å². The Morgan fingerprint density at radius 1 is 1.12 bits per heavy atom. The van der Waals surface area contributed by atoms with Gasteiger partial charge in [0.25, 0.3) is 17.5 Å². The van der Waals surface area contributed by atoms with E-state index in [1.54, 1.807) is 16.6 Å². The van der Waals surface area contributed by atoms with Crippen molar-refractivity contribution in [2.75, 3.05) is 43.4 Å². The van der Waals surface area contributed by atoms with E-state index in [1.807, 2.05) is 47.7 Å². The Morgan fingerprint density at radius 2 is 1.88 bits per heavy atom. The molecule has 3 heterocycles. The van der Waals surface area contributed by atoms with Gasteiger partial charge < -0.3 is 9.80 Å². The van der Waals surface area contributed by atoms with E-state index in [2.05, 4.69) is 20.3 Å². The number of nitro benzene ring substituents is 1. The Labute approximate surface area is 193 Å². The van der Waals surface area contributed by atoms with Crippen LogP contribution in [-0.4, -0.2) is 63.6 Å². The van der Waals surface area contributed by atoms with Crippen LogP contribution in [0, 0.1) is 10.1 Å². The Bertz CT molecular complexity index is 1330. The molecule has 2 aromatic heterocycles. The van der Waals surface area contributed by atoms with Crippen LogP contribution >= 0.6 is 11.3 Å². The number of hydrogen-bond acceptors (Lipinski definition) is 8. The van der Waals surface area contributed by atoms with Crippen LogP contribution in [0.3, 0.4) is 0 Å². The van der Waals surface area contributed by atoms with Gasteiger partial charge in [0, 0.05) is 48.8 Å². The molecule has 0 bridgehead atoms. The molecule has 0 unspecified atom stereocenters. The van der Waals surface area contributed by atoms with Crippen LogP contribution in [0.4, 0.5) is 17.3 Å². The average Bonchev–Trinajstić information content (AvgIpc) is 3.40. The molecular weight excluding hydrogens is 442 g/mol. The summed E-state index contributed by atoms with van der Waals surface area (Å²) in [6.45, 7) is 3.05. The molecule has 2 aromatic carbocycles. The summed E-state index contributed by atoms with van der Waals surface area (Å²) in [5.41, 5.74) is 2.48. The SMILES string of the molecule is CN1CCN(c2ccc(C(=O)Nc3nc4scc(-c5ccccc5)n4n3)cc2[N+](=O)[O-])CC1. The fraction of sp³-hybridized carbons (Fsp3) is 0.227. The zero-order valence-corrected chi connectivity index (χ0v) is 18.7. The maximum atomic E-state index is 12.8. The van der Waals surface area contributed by atoms with Gasteiger partial charge in [0.1, 0.15) is 5.69 Å². The molecule has 1 aliphatic heterocycles. The van der Waals surface area contributed by atoms with Crippen molar-refractivity contribution in [2.45, 2.75) is 0 Å². The zero-order valence-electron chi connectivity index (χ0n) is 17.8. The van der Waals surface area contributed by atoms with Crippen molar-refractivity contribution in [2.24, 2.45) is 0 Å². The normalized spacial score (nSPS) is 14.5. The summed E-state index contributed by atoms with van der Waals surface area (Å²) in [5.74, 6) is -0.350. The smallest absolute Gasteiger partial charge is 0.293 e. The fourth-order valence-corrected chi connectivity index (χ4v) is 4.67. The zero-order chi connectivity index (χ0) is 22.9. The molecule has 1 N–H and O–H groups in total. The topological polar surface area (TPSA) is 109 Å². The van der Waals surface area contributed by atoms with Gasteiger partial charge in [0.2, 0.25) is 4.96 Å². The first kappa shape index (κ1) is 21.0. The van der Waals surface area contributed by atoms with E-state index in [1.165, 1.54) is 17.4 Å². The van der Waals surface area contributed by atoms with Crippen LogP contribution in [0.5, 0.6) is 0 Å². The van der Waals surface area contributed by atoms with E-state index in [0.717, 1.165) is 24.3 Å². The molecule has 10 nitrogen and oxygen atoms in total. The number of piperazine rings is 1. The number of benzene rings is 2. The van der Waals surface area contributed by atoms with Crippen molar-refractivity contribution < 1.29 is 9.72 Å². The molecule has 0 spiro atoms. The number of carbonyl (C=O) groups excluding carboxylic acids is 1. The Hall–Kier alpha value is -3.83. The minimum absolute atomic E-state index is 0.0858. The number of likely N-dealkylation sites (N-methyl/N-ethyl adjacent to an activating group) is 1. The first-order valence-corrected chi connectivity index (χ1v) is 11.3. The Kier molecular flexibility index (Phi) is 5.48. The van der Waals surface area contributed by atoms with Gasteiger partial charge in [-0.05, 0) is 19.2 Å². The van der Waals surface area contributed by atoms with Gasteiger partial charge in [0.05, 0.1) is 10.6 Å². The maximum Gasteiger partial charge on any atom is 0.293 e. The molecule has 1 fully saturated rings. The molecule has 33 heavy (non-hydrogen) atoms. The van der Waals surface area contributed by atoms with E-state index in [-0.39, 0.29) is 17.2 Å². The van der Waals surface area contributed by atoms with Gasteiger partial charge in [-0.25, -0.2) is 4.52 Å². The summed E-state index contributed by atoms with van der Waals surface area (Å²) in [5, 5.41) is 20.8. The van der Waals surface area contributed by atoms with Crippen molar-refractivity contribution in [3.05, 3.63) is 69.6 Å². The lowest BCUT2D eigenvalue weighted by Crippen LogP contribution is -2.44. The summed E-state index contributed by atoms with van der Waals surface area (Å²) in [6.07, 6.45) is 0. The lowest BCUT2D eigenvalue weighted by molar-refractivity contribution is -0.384. The number of nitro groups is 1. The molecule has 0 saturated carbocycles. The third-order valence-corrected chi connectivity index (χ3v) is 6.47. The number of anilines is 2. The number of hydrogen-bond donors (Lipinski definition) is 1. The van der Waals surface area contributed by atoms with Crippen LogP contribution in [0.25, 0.3) is 16.2 Å². The second kappa shape index (κ2) is 8.60. The lowest BCUT2D eigenvalue weighted by atomic mass is 10.1. The largest absolute Gasteiger partial charge is 0.363 e. The van der Waals surface area contributed by atoms with Crippen molar-refractivity contribution in [3.8, 4) is 11.3 Å². The van der Waals surface area contributed by atoms with Gasteiger partial charge in [-0.15, -0.1) is 16.4 Å². The fourth-order valence-electron chi connectivity index (χ4n) is 3.84. The third-order valence-electron chi connectivity index (χ3n) is 5.65. The number of fused-ring (bicyclic) bond motifs is 1. The van der Waals surface area contributed by atoms with Crippen molar-refractivity contribution in [1.29, 1.82) is 0 Å². The molecule has 0 aliphatic carbocycles. The summed E-state index contributed by atoms with van der Waals surface area (Å²) in [4.78, 5) is 33.3. The first-order chi connectivity index (χ1) is 16.0. The molecule has 5 rings (SSSR count). The van der Waals surface area contributed by atoms with Crippen LogP contribution in [0.1, 0.15) is 10.4 Å².